The third-order valence-electron chi connectivity index (χ3n) is 4.42. The van der Waals surface area contributed by atoms with Crippen molar-refractivity contribution in [1.82, 2.24) is 19.1 Å². The van der Waals surface area contributed by atoms with Gasteiger partial charge in [-0.15, -0.1) is 0 Å². The van der Waals surface area contributed by atoms with Gasteiger partial charge in [-0.25, -0.2) is 9.78 Å². The van der Waals surface area contributed by atoms with E-state index in [1.165, 1.54) is 10.1 Å². The van der Waals surface area contributed by atoms with Gasteiger partial charge in [-0.05, 0) is 18.4 Å². The largest absolute Gasteiger partial charge is 0.329 e. The van der Waals surface area contributed by atoms with Gasteiger partial charge in [0.25, 0.3) is 5.56 Å². The van der Waals surface area contributed by atoms with Crippen LogP contribution in [0.5, 0.6) is 0 Å². The second-order valence-electron chi connectivity index (χ2n) is 5.72. The fourth-order valence-electron chi connectivity index (χ4n) is 3.33. The molecule has 1 N–H and O–H groups in total. The van der Waals surface area contributed by atoms with E-state index in [0.717, 1.165) is 25.2 Å². The molecule has 112 valence electrons. The monoisotopic (exact) mass is 296 g/mol. The zero-order chi connectivity index (χ0) is 15.3. The number of imidazole rings is 1. The lowest BCUT2D eigenvalue weighted by Crippen LogP contribution is -2.29. The summed E-state index contributed by atoms with van der Waals surface area (Å²) in [5.41, 5.74) is 1.37. The van der Waals surface area contributed by atoms with Crippen molar-refractivity contribution < 1.29 is 0 Å². The molecule has 0 saturated carbocycles. The van der Waals surface area contributed by atoms with Gasteiger partial charge in [-0.2, -0.15) is 0 Å². The van der Waals surface area contributed by atoms with E-state index in [2.05, 4.69) is 22.1 Å². The maximum absolute atomic E-state index is 12.2. The lowest BCUT2D eigenvalue weighted by Gasteiger charge is -2.23. The fraction of sp³-hybridized carbons (Fsp3) is 0.312. The standard InChI is InChI=1S/C16H16N4O2/c1-19-14-12(15(21)18-16(19)22)20-9-5-8-11(13(20)17-14)10-6-3-2-4-7-10/h2-4,6-7,11H,5,8-9H2,1H3,(H,18,21,22)/t11-/m1/s1. The van der Waals surface area contributed by atoms with Crippen LogP contribution in [0.15, 0.2) is 39.9 Å². The van der Waals surface area contributed by atoms with Crippen LogP contribution in [0.1, 0.15) is 30.1 Å². The lowest BCUT2D eigenvalue weighted by molar-refractivity contribution is 0.488. The van der Waals surface area contributed by atoms with E-state index in [1.807, 2.05) is 22.8 Å². The van der Waals surface area contributed by atoms with Gasteiger partial charge in [0.1, 0.15) is 5.82 Å². The van der Waals surface area contributed by atoms with Crippen LogP contribution < -0.4 is 11.2 Å². The second-order valence-corrected chi connectivity index (χ2v) is 5.72. The average molecular weight is 296 g/mol. The molecule has 3 heterocycles. The number of aromatic amines is 1. The van der Waals surface area contributed by atoms with E-state index in [-0.39, 0.29) is 11.5 Å². The molecular weight excluding hydrogens is 280 g/mol. The van der Waals surface area contributed by atoms with Crippen molar-refractivity contribution in [2.24, 2.45) is 7.05 Å². The van der Waals surface area contributed by atoms with Crippen molar-refractivity contribution >= 4 is 11.2 Å². The number of aromatic nitrogens is 4. The summed E-state index contributed by atoms with van der Waals surface area (Å²) >= 11 is 0. The smallest absolute Gasteiger partial charge is 0.322 e. The van der Waals surface area contributed by atoms with Crippen molar-refractivity contribution in [2.45, 2.75) is 25.3 Å². The molecule has 6 heteroatoms. The van der Waals surface area contributed by atoms with Gasteiger partial charge in [0, 0.05) is 19.5 Å². The summed E-state index contributed by atoms with van der Waals surface area (Å²) < 4.78 is 3.37. The Bertz CT molecular complexity index is 965. The van der Waals surface area contributed by atoms with E-state index >= 15 is 0 Å². The number of nitrogens with zero attached hydrogens (tertiary/aromatic N) is 3. The SMILES string of the molecule is Cn1c(=O)[nH]c(=O)c2c1nc1n2CCC[C@@H]1c1ccccc1. The number of hydrogen-bond acceptors (Lipinski definition) is 3. The molecule has 1 aliphatic heterocycles. The predicted molar refractivity (Wildman–Crippen MR) is 83.1 cm³/mol. The molecule has 0 fully saturated rings. The predicted octanol–water partition coefficient (Wildman–Crippen LogP) is 1.35. The van der Waals surface area contributed by atoms with Gasteiger partial charge in [-0.1, -0.05) is 30.3 Å². The third-order valence-corrected chi connectivity index (χ3v) is 4.42. The Morgan fingerprint density at radius 1 is 1.23 bits per heavy atom. The first-order valence-electron chi connectivity index (χ1n) is 7.41. The van der Waals surface area contributed by atoms with Crippen LogP contribution in [0, 0.1) is 0 Å². The van der Waals surface area contributed by atoms with Crippen LogP contribution >= 0.6 is 0 Å². The molecule has 0 saturated heterocycles. The zero-order valence-corrected chi connectivity index (χ0v) is 12.2. The molecule has 0 bridgehead atoms. The summed E-state index contributed by atoms with van der Waals surface area (Å²) in [7, 11) is 1.64. The molecule has 22 heavy (non-hydrogen) atoms. The first-order valence-corrected chi connectivity index (χ1v) is 7.41. The van der Waals surface area contributed by atoms with Crippen molar-refractivity contribution in [3.63, 3.8) is 0 Å². The molecule has 3 aromatic rings. The number of fused-ring (bicyclic) bond motifs is 3. The Hall–Kier alpha value is -2.63. The van der Waals surface area contributed by atoms with Crippen molar-refractivity contribution in [2.75, 3.05) is 0 Å². The van der Waals surface area contributed by atoms with Crippen LogP contribution in [0.3, 0.4) is 0 Å². The average Bonchev–Trinajstić information content (AvgIpc) is 2.93. The summed E-state index contributed by atoms with van der Waals surface area (Å²) in [4.78, 5) is 31.0. The number of nitrogens with one attached hydrogen (secondary N) is 1. The number of aryl methyl sites for hydroxylation is 2. The minimum Gasteiger partial charge on any atom is -0.322 e. The summed E-state index contributed by atoms with van der Waals surface area (Å²) in [5.74, 6) is 1.04. The third kappa shape index (κ3) is 1.76. The quantitative estimate of drug-likeness (QED) is 0.736. The maximum Gasteiger partial charge on any atom is 0.329 e. The minimum absolute atomic E-state index is 0.164. The molecule has 0 unspecified atom stereocenters. The normalized spacial score (nSPS) is 17.6. The van der Waals surface area contributed by atoms with E-state index in [4.69, 9.17) is 0 Å². The van der Waals surface area contributed by atoms with E-state index in [1.54, 1.807) is 7.05 Å². The van der Waals surface area contributed by atoms with Crippen molar-refractivity contribution in [1.29, 1.82) is 0 Å². The number of benzene rings is 1. The van der Waals surface area contributed by atoms with Crippen molar-refractivity contribution in [3.8, 4) is 0 Å². The van der Waals surface area contributed by atoms with Crippen LogP contribution in [0.4, 0.5) is 0 Å². The highest BCUT2D eigenvalue weighted by atomic mass is 16.2. The molecule has 0 spiro atoms. The number of hydrogen-bond donors (Lipinski definition) is 1. The molecule has 4 rings (SSSR count). The molecule has 2 aromatic heterocycles. The topological polar surface area (TPSA) is 72.7 Å². The number of rotatable bonds is 1. The van der Waals surface area contributed by atoms with Crippen LogP contribution in [-0.2, 0) is 13.6 Å². The highest BCUT2D eigenvalue weighted by molar-refractivity contribution is 5.71. The Balaban J connectivity index is 2.03. The highest BCUT2D eigenvalue weighted by Gasteiger charge is 2.27. The first kappa shape index (κ1) is 13.1. The van der Waals surface area contributed by atoms with Crippen molar-refractivity contribution in [3.05, 3.63) is 62.6 Å². The summed E-state index contributed by atoms with van der Waals surface area (Å²) in [5, 5.41) is 0. The molecule has 6 nitrogen and oxygen atoms in total. The molecule has 0 aliphatic carbocycles. The van der Waals surface area contributed by atoms with Gasteiger partial charge in [0.15, 0.2) is 11.2 Å². The summed E-state index contributed by atoms with van der Waals surface area (Å²) in [6.45, 7) is 0.760. The maximum atomic E-state index is 12.2. The highest BCUT2D eigenvalue weighted by Crippen LogP contribution is 2.34. The number of H-pyrrole nitrogens is 1. The molecule has 1 atom stereocenters. The summed E-state index contributed by atoms with van der Waals surface area (Å²) in [6.07, 6.45) is 1.99. The van der Waals surface area contributed by atoms with E-state index in [0.29, 0.717) is 11.2 Å². The van der Waals surface area contributed by atoms with Gasteiger partial charge < -0.3 is 4.57 Å². The van der Waals surface area contributed by atoms with E-state index < -0.39 is 5.69 Å². The van der Waals surface area contributed by atoms with E-state index in [9.17, 15) is 9.59 Å². The Kier molecular flexibility index (Phi) is 2.79. The van der Waals surface area contributed by atoms with Crippen LogP contribution in [0.25, 0.3) is 11.2 Å². The van der Waals surface area contributed by atoms with Crippen LogP contribution in [-0.4, -0.2) is 19.1 Å². The molecule has 0 radical (unpaired) electrons. The fourth-order valence-corrected chi connectivity index (χ4v) is 3.33. The second kappa shape index (κ2) is 4.69. The van der Waals surface area contributed by atoms with Crippen LogP contribution in [0.2, 0.25) is 0 Å². The Morgan fingerprint density at radius 2 is 2.00 bits per heavy atom. The Labute approximate surface area is 126 Å². The van der Waals surface area contributed by atoms with Gasteiger partial charge in [0.2, 0.25) is 0 Å². The minimum atomic E-state index is -0.427. The zero-order valence-electron chi connectivity index (χ0n) is 12.2. The molecule has 0 amide bonds. The van der Waals surface area contributed by atoms with Gasteiger partial charge in [-0.3, -0.25) is 14.3 Å². The Morgan fingerprint density at radius 3 is 2.77 bits per heavy atom. The molecule has 1 aromatic carbocycles. The van der Waals surface area contributed by atoms with Gasteiger partial charge in [0.05, 0.1) is 0 Å². The summed E-state index contributed by atoms with van der Waals surface area (Å²) in [6, 6.07) is 10.2. The lowest BCUT2D eigenvalue weighted by atomic mass is 9.91. The molecule has 1 aliphatic rings. The molecular formula is C16H16N4O2. The first-order chi connectivity index (χ1) is 10.7. The van der Waals surface area contributed by atoms with Gasteiger partial charge >= 0.3 is 5.69 Å².